The summed E-state index contributed by atoms with van der Waals surface area (Å²) in [6, 6.07) is 13.7. The van der Waals surface area contributed by atoms with E-state index in [1.807, 2.05) is 0 Å². The highest BCUT2D eigenvalue weighted by Gasteiger charge is 2.16. The van der Waals surface area contributed by atoms with E-state index in [1.54, 1.807) is 67.5 Å². The molecule has 0 fully saturated rings. The van der Waals surface area contributed by atoms with Crippen LogP contribution in [0.1, 0.15) is 20.7 Å². The minimum absolute atomic E-state index is 0.202. The Balaban J connectivity index is 1.99. The molecule has 2 aromatic carbocycles. The van der Waals surface area contributed by atoms with Crippen LogP contribution in [0.2, 0.25) is 0 Å². The summed E-state index contributed by atoms with van der Waals surface area (Å²) in [5.41, 5.74) is 1.63. The van der Waals surface area contributed by atoms with Gasteiger partial charge in [0, 0.05) is 14.1 Å². The average Bonchev–Trinajstić information content (AvgIpc) is 2.78. The largest absolute Gasteiger partial charge is 0.465 e. The van der Waals surface area contributed by atoms with Crippen molar-refractivity contribution in [1.82, 2.24) is 15.0 Å². The summed E-state index contributed by atoms with van der Waals surface area (Å²) in [6.45, 7) is 0. The van der Waals surface area contributed by atoms with E-state index in [0.29, 0.717) is 28.5 Å². The van der Waals surface area contributed by atoms with Gasteiger partial charge in [-0.3, -0.25) is 0 Å². The van der Waals surface area contributed by atoms with Crippen LogP contribution < -0.4 is 15.5 Å². The first kappa shape index (κ1) is 21.5. The van der Waals surface area contributed by atoms with Gasteiger partial charge in [-0.15, -0.1) is 0 Å². The second-order valence-corrected chi connectivity index (χ2v) is 6.50. The third-order valence-electron chi connectivity index (χ3n) is 4.18. The van der Waals surface area contributed by atoms with Crippen LogP contribution in [0, 0.1) is 0 Å². The van der Waals surface area contributed by atoms with Crippen molar-refractivity contribution < 1.29 is 19.1 Å². The maximum atomic E-state index is 12.1. The second kappa shape index (κ2) is 9.53. The zero-order valence-electron chi connectivity index (χ0n) is 17.5. The zero-order chi connectivity index (χ0) is 22.4. The van der Waals surface area contributed by atoms with E-state index in [-0.39, 0.29) is 11.9 Å². The Morgan fingerprint density at radius 1 is 0.742 bits per heavy atom. The predicted octanol–water partition coefficient (Wildman–Crippen LogP) is 3.00. The zero-order valence-corrected chi connectivity index (χ0v) is 17.5. The highest BCUT2D eigenvalue weighted by molar-refractivity contribution is 5.97. The van der Waals surface area contributed by atoms with Crippen LogP contribution in [0.5, 0.6) is 0 Å². The van der Waals surface area contributed by atoms with Gasteiger partial charge in [-0.2, -0.15) is 15.0 Å². The van der Waals surface area contributed by atoms with Gasteiger partial charge in [0.1, 0.15) is 0 Å². The summed E-state index contributed by atoms with van der Waals surface area (Å²) in [5, 5.41) is 6.07. The quantitative estimate of drug-likeness (QED) is 0.550. The number of carbonyl (C=O) groups is 2. The van der Waals surface area contributed by atoms with Crippen LogP contribution in [0.3, 0.4) is 0 Å². The Kier molecular flexibility index (Phi) is 6.61. The van der Waals surface area contributed by atoms with Crippen LogP contribution >= 0.6 is 0 Å². The number of carbonyl (C=O) groups excluding carboxylic acids is 2. The highest BCUT2D eigenvalue weighted by atomic mass is 16.5. The third kappa shape index (κ3) is 5.04. The summed E-state index contributed by atoms with van der Waals surface area (Å²) in [5.74, 6) is -0.210. The predicted molar refractivity (Wildman–Crippen MR) is 116 cm³/mol. The highest BCUT2D eigenvalue weighted by Crippen LogP contribution is 2.24. The lowest BCUT2D eigenvalue weighted by atomic mass is 10.2. The van der Waals surface area contributed by atoms with Gasteiger partial charge in [0.15, 0.2) is 0 Å². The van der Waals surface area contributed by atoms with E-state index < -0.39 is 11.9 Å². The van der Waals surface area contributed by atoms with Crippen molar-refractivity contribution in [2.45, 2.75) is 0 Å². The number of nitrogens with zero attached hydrogens (tertiary/aromatic N) is 4. The first-order valence-electron chi connectivity index (χ1n) is 9.25. The first-order chi connectivity index (χ1) is 14.9. The number of esters is 2. The standard InChI is InChI=1S/C21H22N6O4/c1-27(2)21-25-19(22-15-11-7-5-9-13(15)17(28)30-3)24-20(26-21)23-16-12-8-6-10-14(16)18(29)31-4/h5-12H,1-4H3,(H2,22,23,24,25,26). The summed E-state index contributed by atoms with van der Waals surface area (Å²) >= 11 is 0. The molecule has 0 bridgehead atoms. The molecule has 10 nitrogen and oxygen atoms in total. The molecule has 0 aliphatic carbocycles. The molecule has 3 aromatic rings. The molecule has 0 unspecified atom stereocenters. The number of methoxy groups -OCH3 is 2. The van der Waals surface area contributed by atoms with Crippen molar-refractivity contribution in [3.8, 4) is 0 Å². The molecular weight excluding hydrogens is 400 g/mol. The van der Waals surface area contributed by atoms with Crippen molar-refractivity contribution in [3.05, 3.63) is 59.7 Å². The van der Waals surface area contributed by atoms with Gasteiger partial charge >= 0.3 is 11.9 Å². The van der Waals surface area contributed by atoms with Gasteiger partial charge in [0.25, 0.3) is 0 Å². The first-order valence-corrected chi connectivity index (χ1v) is 9.25. The van der Waals surface area contributed by atoms with Gasteiger partial charge < -0.3 is 25.0 Å². The number of nitrogens with one attached hydrogen (secondary N) is 2. The lowest BCUT2D eigenvalue weighted by Crippen LogP contribution is -2.16. The Morgan fingerprint density at radius 3 is 1.55 bits per heavy atom. The van der Waals surface area contributed by atoms with Crippen molar-refractivity contribution >= 4 is 41.2 Å². The van der Waals surface area contributed by atoms with E-state index >= 15 is 0 Å². The molecule has 0 saturated carbocycles. The van der Waals surface area contributed by atoms with Gasteiger partial charge in [0.2, 0.25) is 17.8 Å². The van der Waals surface area contributed by atoms with E-state index in [0.717, 1.165) is 0 Å². The molecule has 1 aromatic heterocycles. The Morgan fingerprint density at radius 2 is 1.16 bits per heavy atom. The van der Waals surface area contributed by atoms with Crippen molar-refractivity contribution in [2.75, 3.05) is 43.8 Å². The molecule has 3 rings (SSSR count). The van der Waals surface area contributed by atoms with Crippen LogP contribution in [0.4, 0.5) is 29.2 Å². The summed E-state index contributed by atoms with van der Waals surface area (Å²) in [4.78, 5) is 39.0. The Labute approximate surface area is 179 Å². The van der Waals surface area contributed by atoms with Crippen molar-refractivity contribution in [3.63, 3.8) is 0 Å². The number of hydrogen-bond donors (Lipinski definition) is 2. The SMILES string of the molecule is COC(=O)c1ccccc1Nc1nc(Nc2ccccc2C(=O)OC)nc(N(C)C)n1. The summed E-state index contributed by atoms with van der Waals surface area (Å²) in [6.07, 6.45) is 0. The molecule has 0 spiro atoms. The second-order valence-electron chi connectivity index (χ2n) is 6.50. The number of benzene rings is 2. The van der Waals surface area contributed by atoms with E-state index in [4.69, 9.17) is 9.47 Å². The van der Waals surface area contributed by atoms with E-state index in [2.05, 4.69) is 25.6 Å². The van der Waals surface area contributed by atoms with Crippen LogP contribution in [-0.2, 0) is 9.47 Å². The summed E-state index contributed by atoms with van der Waals surface area (Å²) in [7, 11) is 6.20. The van der Waals surface area contributed by atoms with Crippen LogP contribution in [-0.4, -0.2) is 55.2 Å². The van der Waals surface area contributed by atoms with Crippen LogP contribution in [0.15, 0.2) is 48.5 Å². The minimum atomic E-state index is -0.490. The molecule has 0 aliphatic rings. The maximum absolute atomic E-state index is 12.1. The smallest absolute Gasteiger partial charge is 0.339 e. The number of ether oxygens (including phenoxy) is 2. The Hall–Kier alpha value is -4.21. The Bertz CT molecular complexity index is 1020. The normalized spacial score (nSPS) is 10.2. The fraction of sp³-hybridized carbons (Fsp3) is 0.190. The van der Waals surface area contributed by atoms with Gasteiger partial charge in [-0.1, -0.05) is 24.3 Å². The van der Waals surface area contributed by atoms with Crippen molar-refractivity contribution in [2.24, 2.45) is 0 Å². The molecule has 0 radical (unpaired) electrons. The van der Waals surface area contributed by atoms with Crippen LogP contribution in [0.25, 0.3) is 0 Å². The lowest BCUT2D eigenvalue weighted by molar-refractivity contribution is 0.0593. The molecule has 0 aliphatic heterocycles. The molecule has 1 heterocycles. The molecule has 0 atom stereocenters. The number of hydrogen-bond acceptors (Lipinski definition) is 10. The third-order valence-corrected chi connectivity index (χ3v) is 4.18. The lowest BCUT2D eigenvalue weighted by Gasteiger charge is -2.16. The monoisotopic (exact) mass is 422 g/mol. The molecule has 160 valence electrons. The number of aromatic nitrogens is 3. The molecular formula is C21H22N6O4. The molecule has 0 amide bonds. The maximum Gasteiger partial charge on any atom is 0.339 e. The van der Waals surface area contributed by atoms with Gasteiger partial charge in [-0.25, -0.2) is 9.59 Å². The fourth-order valence-corrected chi connectivity index (χ4v) is 2.68. The fourth-order valence-electron chi connectivity index (χ4n) is 2.68. The number of rotatable bonds is 7. The topological polar surface area (TPSA) is 119 Å². The molecule has 10 heteroatoms. The average molecular weight is 422 g/mol. The molecule has 0 saturated heterocycles. The minimum Gasteiger partial charge on any atom is -0.465 e. The molecule has 2 N–H and O–H groups in total. The number of anilines is 5. The number of para-hydroxylation sites is 2. The van der Waals surface area contributed by atoms with Gasteiger partial charge in [0.05, 0.1) is 36.7 Å². The van der Waals surface area contributed by atoms with Crippen molar-refractivity contribution in [1.29, 1.82) is 0 Å². The molecule has 31 heavy (non-hydrogen) atoms. The summed E-state index contributed by atoms with van der Waals surface area (Å²) < 4.78 is 9.66. The van der Waals surface area contributed by atoms with E-state index in [1.165, 1.54) is 14.2 Å². The van der Waals surface area contributed by atoms with Gasteiger partial charge in [-0.05, 0) is 24.3 Å². The van der Waals surface area contributed by atoms with E-state index in [9.17, 15) is 9.59 Å².